The number of hydrogen-bond acceptors (Lipinski definition) is 4. The Morgan fingerprint density at radius 2 is 1.29 bits per heavy atom. The van der Waals surface area contributed by atoms with Crippen LogP contribution in [0.5, 0.6) is 5.75 Å². The van der Waals surface area contributed by atoms with Crippen molar-refractivity contribution >= 4 is 85.6 Å². The summed E-state index contributed by atoms with van der Waals surface area (Å²) in [6, 6.07) is 45.9. The summed E-state index contributed by atoms with van der Waals surface area (Å²) < 4.78 is 10.8. The molecule has 52 heavy (non-hydrogen) atoms. The number of rotatable bonds is 4. The summed E-state index contributed by atoms with van der Waals surface area (Å²) >= 11 is 1.86. The normalized spacial score (nSPS) is 14.6. The summed E-state index contributed by atoms with van der Waals surface area (Å²) in [5.74, 6) is 2.63. The molecule has 1 unspecified atom stereocenters. The van der Waals surface area contributed by atoms with Crippen LogP contribution in [-0.4, -0.2) is 21.6 Å². The summed E-state index contributed by atoms with van der Waals surface area (Å²) in [6.45, 7) is 0. The Balaban J connectivity index is 1.43. The van der Waals surface area contributed by atoms with E-state index in [1.54, 1.807) is 7.11 Å². The number of aromatic nitrogens is 3. The van der Waals surface area contributed by atoms with E-state index in [1.165, 1.54) is 63.3 Å². The molecular formula is C47H31N3OS. The Hall–Kier alpha value is -6.30. The first-order chi connectivity index (χ1) is 25.8. The summed E-state index contributed by atoms with van der Waals surface area (Å²) in [4.78, 5) is 10.8. The average molecular weight is 686 g/mol. The third-order valence-electron chi connectivity index (χ3n) is 10.8. The summed E-state index contributed by atoms with van der Waals surface area (Å²) in [5, 5.41) is 12.3. The highest BCUT2D eigenvalue weighted by atomic mass is 32.1. The van der Waals surface area contributed by atoms with Crippen molar-refractivity contribution in [1.82, 2.24) is 14.5 Å². The van der Waals surface area contributed by atoms with Gasteiger partial charge in [0.05, 0.1) is 23.8 Å². The zero-order chi connectivity index (χ0) is 34.3. The number of benzene rings is 7. The van der Waals surface area contributed by atoms with Crippen molar-refractivity contribution in [2.75, 3.05) is 7.11 Å². The van der Waals surface area contributed by atoms with E-state index in [4.69, 9.17) is 14.7 Å². The van der Waals surface area contributed by atoms with Crippen LogP contribution in [0.15, 0.2) is 152 Å². The van der Waals surface area contributed by atoms with Crippen LogP contribution in [0.4, 0.5) is 0 Å². The highest BCUT2D eigenvalue weighted by Gasteiger charge is 2.27. The Labute approximate surface area is 303 Å². The molecule has 0 spiro atoms. The second-order valence-corrected chi connectivity index (χ2v) is 14.6. The van der Waals surface area contributed by atoms with Crippen molar-refractivity contribution in [2.45, 2.75) is 12.3 Å². The second kappa shape index (κ2) is 11.4. The Morgan fingerprint density at radius 3 is 2.04 bits per heavy atom. The van der Waals surface area contributed by atoms with Crippen molar-refractivity contribution in [3.63, 3.8) is 0 Å². The van der Waals surface area contributed by atoms with Gasteiger partial charge < -0.3 is 4.74 Å². The molecule has 0 N–H and O–H groups in total. The van der Waals surface area contributed by atoms with Crippen molar-refractivity contribution in [3.8, 4) is 22.8 Å². The molecule has 5 heteroatoms. The molecule has 3 heterocycles. The lowest BCUT2D eigenvalue weighted by molar-refractivity contribution is 0.415. The van der Waals surface area contributed by atoms with E-state index in [2.05, 4.69) is 156 Å². The highest BCUT2D eigenvalue weighted by molar-refractivity contribution is 7.27. The number of methoxy groups -OCH3 is 1. The van der Waals surface area contributed by atoms with Crippen molar-refractivity contribution in [3.05, 3.63) is 158 Å². The molecule has 0 saturated carbocycles. The molecule has 4 nitrogen and oxygen atoms in total. The molecule has 0 bridgehead atoms. The van der Waals surface area contributed by atoms with Gasteiger partial charge in [0, 0.05) is 64.7 Å². The minimum Gasteiger partial charge on any atom is -0.497 e. The van der Waals surface area contributed by atoms with Crippen LogP contribution < -0.4 is 4.74 Å². The molecule has 11 rings (SSSR count). The molecule has 3 aromatic heterocycles. The Bertz CT molecular complexity index is 3150. The first-order valence-electron chi connectivity index (χ1n) is 17.7. The highest BCUT2D eigenvalue weighted by Crippen LogP contribution is 2.51. The zero-order valence-electron chi connectivity index (χ0n) is 28.4. The first kappa shape index (κ1) is 29.4. The molecule has 7 aromatic carbocycles. The average Bonchev–Trinajstić information content (AvgIpc) is 3.78. The van der Waals surface area contributed by atoms with Crippen LogP contribution in [0.3, 0.4) is 0 Å². The van der Waals surface area contributed by atoms with E-state index >= 15 is 0 Å². The Morgan fingerprint density at radius 1 is 0.615 bits per heavy atom. The lowest BCUT2D eigenvalue weighted by Crippen LogP contribution is -2.09. The summed E-state index contributed by atoms with van der Waals surface area (Å²) in [7, 11) is 1.75. The van der Waals surface area contributed by atoms with Crippen LogP contribution in [-0.2, 0) is 0 Å². The van der Waals surface area contributed by atoms with Gasteiger partial charge in [0.1, 0.15) is 17.4 Å². The first-order valence-corrected chi connectivity index (χ1v) is 18.5. The number of allylic oxidation sites excluding steroid dienone is 4. The van der Waals surface area contributed by atoms with Crippen LogP contribution in [0.1, 0.15) is 18.2 Å². The predicted octanol–water partition coefficient (Wildman–Crippen LogP) is 12.7. The second-order valence-electron chi connectivity index (χ2n) is 13.6. The van der Waals surface area contributed by atoms with Gasteiger partial charge in [-0.1, -0.05) is 127 Å². The van der Waals surface area contributed by atoms with E-state index in [1.807, 2.05) is 11.3 Å². The van der Waals surface area contributed by atoms with Gasteiger partial charge in [-0.15, -0.1) is 11.3 Å². The molecule has 1 atom stereocenters. The van der Waals surface area contributed by atoms with E-state index in [0.29, 0.717) is 0 Å². The lowest BCUT2D eigenvalue weighted by atomic mass is 9.94. The molecule has 0 fully saturated rings. The number of nitrogens with zero attached hydrogens (tertiary/aromatic N) is 3. The largest absolute Gasteiger partial charge is 0.497 e. The smallest absolute Gasteiger partial charge is 0.142 e. The Kier molecular flexibility index (Phi) is 6.43. The molecule has 1 aliphatic rings. The van der Waals surface area contributed by atoms with Gasteiger partial charge in [0.25, 0.3) is 0 Å². The summed E-state index contributed by atoms with van der Waals surface area (Å²) in [6.07, 6.45) is 9.53. The number of thiophene rings is 1. The van der Waals surface area contributed by atoms with Gasteiger partial charge in [-0.05, 0) is 40.8 Å². The van der Waals surface area contributed by atoms with E-state index in [9.17, 15) is 0 Å². The van der Waals surface area contributed by atoms with Gasteiger partial charge in [0.2, 0.25) is 0 Å². The molecule has 246 valence electrons. The third-order valence-corrected chi connectivity index (χ3v) is 12.0. The molecule has 10 aromatic rings. The SMILES string of the molecule is COc1ccc2sc3c4ccccc4c4c(c3c2c1)c1c2ccccc2c2ccccc2c1n4-c1cc(-c2ccccc2)nc(C2C=CC=CC2)n1. The third kappa shape index (κ3) is 4.20. The maximum Gasteiger partial charge on any atom is 0.142 e. The maximum absolute atomic E-state index is 5.83. The van der Waals surface area contributed by atoms with Crippen molar-refractivity contribution in [2.24, 2.45) is 0 Å². The standard InChI is InChI=1S/C47H31N3OS/c1-51-30-24-25-39-37(26-30)42-43-41-33-20-10-8-18-31(33)32-19-9-11-21-34(32)44(41)50(45(43)35-22-12-13-23-36(35)46(42)52-39)40-27-38(28-14-4-2-5-15-28)48-47(49-40)29-16-6-3-7-17-29/h2-16,18-27,29H,17H2,1H3. The van der Waals surface area contributed by atoms with Gasteiger partial charge >= 0.3 is 0 Å². The van der Waals surface area contributed by atoms with E-state index < -0.39 is 0 Å². The monoisotopic (exact) mass is 685 g/mol. The number of ether oxygens (including phenoxy) is 1. The van der Waals surface area contributed by atoms with Crippen LogP contribution in [0.25, 0.3) is 91.4 Å². The number of fused-ring (bicyclic) bond motifs is 15. The molecule has 0 saturated heterocycles. The summed E-state index contributed by atoms with van der Waals surface area (Å²) in [5.41, 5.74) is 4.30. The molecule has 0 amide bonds. The van der Waals surface area contributed by atoms with Crippen LogP contribution >= 0.6 is 11.3 Å². The molecule has 1 aliphatic carbocycles. The predicted molar refractivity (Wildman–Crippen MR) is 219 cm³/mol. The van der Waals surface area contributed by atoms with Gasteiger partial charge in [-0.3, -0.25) is 4.57 Å². The van der Waals surface area contributed by atoms with E-state index in [0.717, 1.165) is 46.1 Å². The van der Waals surface area contributed by atoms with Gasteiger partial charge in [-0.2, -0.15) is 0 Å². The molecular weight excluding hydrogens is 655 g/mol. The minimum atomic E-state index is 0.0785. The van der Waals surface area contributed by atoms with Crippen molar-refractivity contribution in [1.29, 1.82) is 0 Å². The van der Waals surface area contributed by atoms with Crippen molar-refractivity contribution < 1.29 is 4.74 Å². The molecule has 0 radical (unpaired) electrons. The van der Waals surface area contributed by atoms with Gasteiger partial charge in [0.15, 0.2) is 0 Å². The fourth-order valence-corrected chi connectivity index (χ4v) is 9.70. The topological polar surface area (TPSA) is 39.9 Å². The van der Waals surface area contributed by atoms with Crippen LogP contribution in [0, 0.1) is 0 Å². The zero-order valence-corrected chi connectivity index (χ0v) is 29.2. The van der Waals surface area contributed by atoms with E-state index in [-0.39, 0.29) is 5.92 Å². The lowest BCUT2D eigenvalue weighted by Gasteiger charge is -2.17. The van der Waals surface area contributed by atoms with Gasteiger partial charge in [-0.25, -0.2) is 9.97 Å². The fraction of sp³-hybridized carbons (Fsp3) is 0.0638. The quantitative estimate of drug-likeness (QED) is 0.173. The minimum absolute atomic E-state index is 0.0785. The maximum atomic E-state index is 5.83. The fourth-order valence-electron chi connectivity index (χ4n) is 8.47. The van der Waals surface area contributed by atoms with Crippen LogP contribution in [0.2, 0.25) is 0 Å². The number of hydrogen-bond donors (Lipinski definition) is 0. The molecule has 0 aliphatic heterocycles.